The van der Waals surface area contributed by atoms with Gasteiger partial charge in [-0.1, -0.05) is 0 Å². The maximum Gasteiger partial charge on any atom is 0.332 e. The average Bonchev–Trinajstić information content (AvgIpc) is 2.83. The highest BCUT2D eigenvalue weighted by atomic mass is 31.2. The number of rotatable bonds is 4. The first kappa shape index (κ1) is 10.6. The highest BCUT2D eigenvalue weighted by molar-refractivity contribution is 7.53. The Bertz CT molecular complexity index is 254. The van der Waals surface area contributed by atoms with Gasteiger partial charge in [-0.25, -0.2) is 0 Å². The van der Waals surface area contributed by atoms with Crippen molar-refractivity contribution in [3.63, 3.8) is 0 Å². The number of hydrogen-bond acceptors (Lipinski definition) is 3. The van der Waals surface area contributed by atoms with Gasteiger partial charge in [-0.3, -0.25) is 4.57 Å². The van der Waals surface area contributed by atoms with Crippen LogP contribution in [0.15, 0.2) is 0 Å². The van der Waals surface area contributed by atoms with E-state index in [4.69, 9.17) is 4.52 Å². The Kier molecular flexibility index (Phi) is 2.98. The van der Waals surface area contributed by atoms with Gasteiger partial charge in [0, 0.05) is 6.54 Å². The molecule has 14 heavy (non-hydrogen) atoms. The van der Waals surface area contributed by atoms with Gasteiger partial charge < -0.3 is 14.7 Å². The second-order valence-electron chi connectivity index (χ2n) is 4.21. The summed E-state index contributed by atoms with van der Waals surface area (Å²) in [4.78, 5) is 9.75. The molecule has 0 amide bonds. The van der Waals surface area contributed by atoms with Crippen LogP contribution in [0.2, 0.25) is 0 Å². The summed E-state index contributed by atoms with van der Waals surface area (Å²) in [5, 5.41) is 3.20. The third-order valence-corrected chi connectivity index (χ3v) is 5.22. The first-order valence-corrected chi connectivity index (χ1v) is 6.97. The second-order valence-corrected chi connectivity index (χ2v) is 6.26. The Labute approximate surface area is 84.6 Å². The van der Waals surface area contributed by atoms with Gasteiger partial charge >= 0.3 is 7.60 Å². The molecule has 3 unspecified atom stereocenters. The molecule has 0 spiro atoms. The summed E-state index contributed by atoms with van der Waals surface area (Å²) in [5.74, 6) is 1.02. The zero-order chi connectivity index (χ0) is 10.2. The standard InChI is InChI=1S/C9H18NO3P/c1-2-13-14(11,12)9-6-10-5-8(9)7-3-4-7/h7-10H,2-6H2,1H3,(H,11,12). The van der Waals surface area contributed by atoms with Crippen LogP contribution in [0.5, 0.6) is 0 Å². The highest BCUT2D eigenvalue weighted by Crippen LogP contribution is 2.56. The molecule has 2 N–H and O–H groups in total. The van der Waals surface area contributed by atoms with E-state index in [1.165, 1.54) is 12.8 Å². The Morgan fingerprint density at radius 1 is 1.50 bits per heavy atom. The van der Waals surface area contributed by atoms with E-state index in [0.717, 1.165) is 6.54 Å². The lowest BCUT2D eigenvalue weighted by Crippen LogP contribution is -2.22. The van der Waals surface area contributed by atoms with E-state index in [1.54, 1.807) is 6.92 Å². The molecule has 0 radical (unpaired) electrons. The minimum Gasteiger partial charge on any atom is -0.324 e. The molecule has 2 rings (SSSR count). The Hall–Kier alpha value is 0.110. The molecule has 2 aliphatic rings. The Balaban J connectivity index is 2.04. The van der Waals surface area contributed by atoms with E-state index >= 15 is 0 Å². The summed E-state index contributed by atoms with van der Waals surface area (Å²) in [7, 11) is -3.37. The van der Waals surface area contributed by atoms with E-state index in [0.29, 0.717) is 25.0 Å². The van der Waals surface area contributed by atoms with E-state index in [2.05, 4.69) is 5.32 Å². The van der Waals surface area contributed by atoms with Crippen molar-refractivity contribution in [2.45, 2.75) is 25.4 Å². The van der Waals surface area contributed by atoms with Gasteiger partial charge in [0.15, 0.2) is 0 Å². The van der Waals surface area contributed by atoms with Crippen molar-refractivity contribution in [1.29, 1.82) is 0 Å². The Morgan fingerprint density at radius 3 is 2.79 bits per heavy atom. The van der Waals surface area contributed by atoms with Crippen molar-refractivity contribution in [2.75, 3.05) is 19.7 Å². The minimum absolute atomic E-state index is 0.171. The molecule has 3 atom stereocenters. The average molecular weight is 219 g/mol. The summed E-state index contributed by atoms with van der Waals surface area (Å²) in [5.41, 5.74) is -0.171. The first-order chi connectivity index (χ1) is 6.65. The fourth-order valence-electron chi connectivity index (χ4n) is 2.33. The summed E-state index contributed by atoms with van der Waals surface area (Å²) in [6.45, 7) is 3.60. The zero-order valence-electron chi connectivity index (χ0n) is 8.48. The smallest absolute Gasteiger partial charge is 0.324 e. The van der Waals surface area contributed by atoms with Gasteiger partial charge in [0.2, 0.25) is 0 Å². The summed E-state index contributed by atoms with van der Waals surface area (Å²) < 4.78 is 16.8. The molecule has 1 saturated carbocycles. The van der Waals surface area contributed by atoms with Gasteiger partial charge in [0.1, 0.15) is 0 Å². The fourth-order valence-corrected chi connectivity index (χ4v) is 4.08. The van der Waals surface area contributed by atoms with Crippen LogP contribution in [0.1, 0.15) is 19.8 Å². The maximum atomic E-state index is 11.9. The van der Waals surface area contributed by atoms with Gasteiger partial charge in [-0.05, 0) is 38.1 Å². The van der Waals surface area contributed by atoms with Crippen molar-refractivity contribution < 1.29 is 14.0 Å². The second kappa shape index (κ2) is 3.93. The topological polar surface area (TPSA) is 58.6 Å². The van der Waals surface area contributed by atoms with Crippen LogP contribution < -0.4 is 5.32 Å². The molecule has 0 aromatic rings. The summed E-state index contributed by atoms with van der Waals surface area (Å²) in [6.07, 6.45) is 2.43. The minimum atomic E-state index is -3.37. The largest absolute Gasteiger partial charge is 0.332 e. The molecule has 1 aliphatic heterocycles. The molecule has 0 aromatic heterocycles. The van der Waals surface area contributed by atoms with Gasteiger partial charge in [-0.15, -0.1) is 0 Å². The first-order valence-electron chi connectivity index (χ1n) is 5.33. The summed E-state index contributed by atoms with van der Waals surface area (Å²) >= 11 is 0. The predicted octanol–water partition coefficient (Wildman–Crippen LogP) is 1.21. The molecule has 82 valence electrons. The quantitative estimate of drug-likeness (QED) is 0.698. The van der Waals surface area contributed by atoms with E-state index in [9.17, 15) is 9.46 Å². The molecular formula is C9H18NO3P. The summed E-state index contributed by atoms with van der Waals surface area (Å²) in [6, 6.07) is 0. The normalized spacial score (nSPS) is 37.0. The van der Waals surface area contributed by atoms with Crippen LogP contribution in [-0.4, -0.2) is 30.2 Å². The molecule has 5 heteroatoms. The van der Waals surface area contributed by atoms with Crippen molar-refractivity contribution in [2.24, 2.45) is 11.8 Å². The molecule has 0 bridgehead atoms. The molecule has 1 aliphatic carbocycles. The van der Waals surface area contributed by atoms with Crippen LogP contribution in [0.4, 0.5) is 0 Å². The van der Waals surface area contributed by atoms with Crippen LogP contribution in [0.25, 0.3) is 0 Å². The lowest BCUT2D eigenvalue weighted by Gasteiger charge is -2.22. The number of hydrogen-bond donors (Lipinski definition) is 2. The van der Waals surface area contributed by atoms with Crippen molar-refractivity contribution in [3.05, 3.63) is 0 Å². The molecule has 0 aromatic carbocycles. The van der Waals surface area contributed by atoms with Crippen molar-refractivity contribution >= 4 is 7.60 Å². The maximum absolute atomic E-state index is 11.9. The lowest BCUT2D eigenvalue weighted by atomic mass is 10.0. The fraction of sp³-hybridized carbons (Fsp3) is 1.00. The van der Waals surface area contributed by atoms with Crippen molar-refractivity contribution in [1.82, 2.24) is 5.32 Å². The van der Waals surface area contributed by atoms with Gasteiger partial charge in [-0.2, -0.15) is 0 Å². The molecule has 1 heterocycles. The van der Waals surface area contributed by atoms with E-state index in [1.807, 2.05) is 0 Å². The number of nitrogens with one attached hydrogen (secondary N) is 1. The van der Waals surface area contributed by atoms with E-state index < -0.39 is 7.60 Å². The third-order valence-electron chi connectivity index (χ3n) is 3.19. The highest BCUT2D eigenvalue weighted by Gasteiger charge is 2.47. The Morgan fingerprint density at radius 2 is 2.21 bits per heavy atom. The van der Waals surface area contributed by atoms with Crippen LogP contribution >= 0.6 is 7.60 Å². The van der Waals surface area contributed by atoms with Gasteiger partial charge in [0.25, 0.3) is 0 Å². The monoisotopic (exact) mass is 219 g/mol. The van der Waals surface area contributed by atoms with Crippen LogP contribution in [0.3, 0.4) is 0 Å². The molecule has 1 saturated heterocycles. The van der Waals surface area contributed by atoms with Crippen LogP contribution in [-0.2, 0) is 9.09 Å². The van der Waals surface area contributed by atoms with Crippen molar-refractivity contribution in [3.8, 4) is 0 Å². The molecule has 4 nitrogen and oxygen atoms in total. The van der Waals surface area contributed by atoms with E-state index in [-0.39, 0.29) is 5.66 Å². The van der Waals surface area contributed by atoms with Crippen LogP contribution in [0, 0.1) is 11.8 Å². The predicted molar refractivity (Wildman–Crippen MR) is 54.3 cm³/mol. The van der Waals surface area contributed by atoms with Gasteiger partial charge in [0.05, 0.1) is 12.3 Å². The SMILES string of the molecule is CCOP(=O)(O)C1CNCC1C1CC1. The lowest BCUT2D eigenvalue weighted by molar-refractivity contribution is 0.256. The zero-order valence-corrected chi connectivity index (χ0v) is 9.37. The molecule has 2 fully saturated rings. The third kappa shape index (κ3) is 2.03. The molecular weight excluding hydrogens is 201 g/mol.